The Labute approximate surface area is 189 Å². The van der Waals surface area contributed by atoms with Gasteiger partial charge in [0.2, 0.25) is 5.95 Å². The van der Waals surface area contributed by atoms with Gasteiger partial charge in [-0.05, 0) is 73.4 Å². The Morgan fingerprint density at radius 1 is 1.12 bits per heavy atom. The number of rotatable bonds is 6. The number of carbonyl (C=O) groups is 2. The van der Waals surface area contributed by atoms with Gasteiger partial charge in [-0.3, -0.25) is 14.9 Å². The van der Waals surface area contributed by atoms with Crippen LogP contribution in [0.3, 0.4) is 0 Å². The number of nitrogens with one attached hydrogen (secondary N) is 3. The van der Waals surface area contributed by atoms with Crippen LogP contribution in [0.2, 0.25) is 0 Å². The van der Waals surface area contributed by atoms with Gasteiger partial charge in [-0.15, -0.1) is 0 Å². The average molecular weight is 450 g/mol. The molecule has 2 aromatic heterocycles. The van der Waals surface area contributed by atoms with Gasteiger partial charge in [0, 0.05) is 30.2 Å². The molecule has 1 aliphatic carbocycles. The lowest BCUT2D eigenvalue weighted by atomic mass is 9.91. The summed E-state index contributed by atoms with van der Waals surface area (Å²) in [5.41, 5.74) is 2.77. The van der Waals surface area contributed by atoms with E-state index >= 15 is 0 Å². The molecule has 0 bridgehead atoms. The number of imide groups is 1. The third-order valence-corrected chi connectivity index (χ3v) is 6.58. The van der Waals surface area contributed by atoms with E-state index in [-0.39, 0.29) is 11.1 Å². The first kappa shape index (κ1) is 20.7. The highest BCUT2D eigenvalue weighted by Crippen LogP contribution is 2.26. The van der Waals surface area contributed by atoms with E-state index in [1.54, 1.807) is 24.6 Å². The summed E-state index contributed by atoms with van der Waals surface area (Å²) in [7, 11) is 0. The summed E-state index contributed by atoms with van der Waals surface area (Å²) in [4.78, 5) is 32.2. The summed E-state index contributed by atoms with van der Waals surface area (Å²) in [6.45, 7) is 0.845. The predicted molar refractivity (Wildman–Crippen MR) is 124 cm³/mol. The number of nitrogens with zero attached hydrogens (tertiary/aromatic N) is 2. The number of hydrogen-bond acceptors (Lipinski definition) is 8. The quantitative estimate of drug-likeness (QED) is 0.484. The Hall–Kier alpha value is -3.17. The molecule has 2 aliphatic rings. The Kier molecular flexibility index (Phi) is 5.91. The number of hydrogen-bond donors (Lipinski definition) is 3. The van der Waals surface area contributed by atoms with Crippen molar-refractivity contribution < 1.29 is 14.0 Å². The zero-order valence-corrected chi connectivity index (χ0v) is 18.2. The maximum absolute atomic E-state index is 11.7. The van der Waals surface area contributed by atoms with Crippen molar-refractivity contribution in [2.45, 2.75) is 44.3 Å². The van der Waals surface area contributed by atoms with E-state index in [1.807, 2.05) is 12.1 Å². The van der Waals surface area contributed by atoms with E-state index in [9.17, 15) is 9.59 Å². The third kappa shape index (κ3) is 4.84. The van der Waals surface area contributed by atoms with Crippen LogP contribution in [-0.2, 0) is 11.3 Å². The molecule has 0 spiro atoms. The lowest BCUT2D eigenvalue weighted by molar-refractivity contribution is -0.115. The van der Waals surface area contributed by atoms with Crippen LogP contribution in [0.4, 0.5) is 10.7 Å². The average Bonchev–Trinajstić information content (AvgIpc) is 3.38. The summed E-state index contributed by atoms with van der Waals surface area (Å²) < 4.78 is 5.40. The van der Waals surface area contributed by atoms with Crippen molar-refractivity contribution in [2.75, 3.05) is 5.32 Å². The number of amides is 2. The van der Waals surface area contributed by atoms with Crippen LogP contribution in [-0.4, -0.2) is 33.2 Å². The SMILES string of the molecule is O=C1NC(=O)C(=Cc2ccnc(NC3CCC(NCc4ccc5occc5c4)CC3)n2)S1. The molecule has 1 aromatic carbocycles. The van der Waals surface area contributed by atoms with Crippen LogP contribution in [0.1, 0.15) is 36.9 Å². The Bertz CT molecular complexity index is 1180. The molecule has 3 N–H and O–H groups in total. The van der Waals surface area contributed by atoms with Gasteiger partial charge in [0.1, 0.15) is 5.58 Å². The monoisotopic (exact) mass is 449 g/mol. The van der Waals surface area contributed by atoms with Crippen molar-refractivity contribution in [1.82, 2.24) is 20.6 Å². The fourth-order valence-electron chi connectivity index (χ4n) is 4.09. The molecule has 1 aliphatic heterocycles. The fraction of sp³-hybridized carbons (Fsp3) is 0.304. The van der Waals surface area contributed by atoms with Crippen LogP contribution < -0.4 is 16.0 Å². The minimum atomic E-state index is -0.386. The summed E-state index contributed by atoms with van der Waals surface area (Å²) in [5, 5.41) is 10.1. The highest BCUT2D eigenvalue weighted by atomic mass is 32.2. The fourth-order valence-corrected chi connectivity index (χ4v) is 4.76. The summed E-state index contributed by atoms with van der Waals surface area (Å²) in [5.74, 6) is 0.155. The predicted octanol–water partition coefficient (Wildman–Crippen LogP) is 4.06. The molecule has 164 valence electrons. The van der Waals surface area contributed by atoms with E-state index in [0.717, 1.165) is 55.0 Å². The Balaban J connectivity index is 1.12. The van der Waals surface area contributed by atoms with Gasteiger partial charge in [-0.2, -0.15) is 0 Å². The van der Waals surface area contributed by atoms with Gasteiger partial charge < -0.3 is 15.1 Å². The van der Waals surface area contributed by atoms with E-state index in [2.05, 4.69) is 38.1 Å². The smallest absolute Gasteiger partial charge is 0.290 e. The Morgan fingerprint density at radius 3 is 2.78 bits per heavy atom. The van der Waals surface area contributed by atoms with E-state index in [1.165, 1.54) is 5.56 Å². The number of carbonyl (C=O) groups excluding carboxylic acids is 2. The minimum absolute atomic E-state index is 0.309. The van der Waals surface area contributed by atoms with Crippen molar-refractivity contribution in [3.8, 4) is 0 Å². The number of benzene rings is 1. The molecular weight excluding hydrogens is 426 g/mol. The molecule has 0 atom stereocenters. The highest BCUT2D eigenvalue weighted by molar-refractivity contribution is 8.18. The van der Waals surface area contributed by atoms with Crippen LogP contribution >= 0.6 is 11.8 Å². The van der Waals surface area contributed by atoms with Gasteiger partial charge in [0.15, 0.2) is 0 Å². The molecule has 0 radical (unpaired) electrons. The van der Waals surface area contributed by atoms with Crippen LogP contribution in [0.5, 0.6) is 0 Å². The number of fused-ring (bicyclic) bond motifs is 1. The molecule has 2 amide bonds. The van der Waals surface area contributed by atoms with Crippen molar-refractivity contribution in [1.29, 1.82) is 0 Å². The second kappa shape index (κ2) is 9.13. The number of anilines is 1. The van der Waals surface area contributed by atoms with E-state index in [0.29, 0.717) is 28.6 Å². The van der Waals surface area contributed by atoms with Crippen molar-refractivity contribution in [3.05, 3.63) is 59.0 Å². The van der Waals surface area contributed by atoms with Crippen molar-refractivity contribution >= 4 is 45.9 Å². The third-order valence-electron chi connectivity index (χ3n) is 5.77. The molecule has 1 saturated carbocycles. The number of furan rings is 1. The van der Waals surface area contributed by atoms with Crippen LogP contribution in [0.15, 0.2) is 52.1 Å². The minimum Gasteiger partial charge on any atom is -0.464 e. The topological polar surface area (TPSA) is 109 Å². The zero-order valence-electron chi connectivity index (χ0n) is 17.3. The maximum Gasteiger partial charge on any atom is 0.290 e. The molecule has 8 nitrogen and oxygen atoms in total. The molecule has 3 aromatic rings. The molecule has 5 rings (SSSR count). The second-order valence-electron chi connectivity index (χ2n) is 8.02. The standard InChI is InChI=1S/C23H23N5O3S/c29-21-20(32-23(30)28-21)12-18-7-9-24-22(27-18)26-17-4-2-16(3-5-17)25-13-14-1-6-19-15(11-14)8-10-31-19/h1,6-12,16-17,25H,2-5,13H2,(H,24,26,27)(H,28,29,30). The lowest BCUT2D eigenvalue weighted by Gasteiger charge is -2.29. The zero-order chi connectivity index (χ0) is 21.9. The van der Waals surface area contributed by atoms with Gasteiger partial charge in [-0.1, -0.05) is 6.07 Å². The molecule has 32 heavy (non-hydrogen) atoms. The van der Waals surface area contributed by atoms with Crippen molar-refractivity contribution in [2.24, 2.45) is 0 Å². The largest absolute Gasteiger partial charge is 0.464 e. The van der Waals surface area contributed by atoms with Crippen LogP contribution in [0, 0.1) is 0 Å². The second-order valence-corrected chi connectivity index (χ2v) is 9.04. The molecular formula is C23H23N5O3S. The normalized spacial score (nSPS) is 22.4. The number of aromatic nitrogens is 2. The van der Waals surface area contributed by atoms with Gasteiger partial charge >= 0.3 is 0 Å². The first-order valence-electron chi connectivity index (χ1n) is 10.7. The van der Waals surface area contributed by atoms with E-state index in [4.69, 9.17) is 4.42 Å². The van der Waals surface area contributed by atoms with Crippen molar-refractivity contribution in [3.63, 3.8) is 0 Å². The summed E-state index contributed by atoms with van der Waals surface area (Å²) in [6, 6.07) is 10.8. The molecule has 0 unspecified atom stereocenters. The molecule has 1 saturated heterocycles. The first-order valence-corrected chi connectivity index (χ1v) is 11.5. The molecule has 9 heteroatoms. The molecule has 2 fully saturated rings. The molecule has 3 heterocycles. The Morgan fingerprint density at radius 2 is 1.97 bits per heavy atom. The summed E-state index contributed by atoms with van der Waals surface area (Å²) >= 11 is 0.883. The highest BCUT2D eigenvalue weighted by Gasteiger charge is 2.25. The lowest BCUT2D eigenvalue weighted by Crippen LogP contribution is -2.36. The van der Waals surface area contributed by atoms with Gasteiger partial charge in [0.05, 0.1) is 16.9 Å². The van der Waals surface area contributed by atoms with Gasteiger partial charge in [-0.25, -0.2) is 9.97 Å². The van der Waals surface area contributed by atoms with E-state index < -0.39 is 0 Å². The summed E-state index contributed by atoms with van der Waals surface area (Å²) in [6.07, 6.45) is 9.20. The van der Waals surface area contributed by atoms with Gasteiger partial charge in [0.25, 0.3) is 11.1 Å². The first-order chi connectivity index (χ1) is 15.6. The number of thioether (sulfide) groups is 1. The maximum atomic E-state index is 11.7. The van der Waals surface area contributed by atoms with Crippen LogP contribution in [0.25, 0.3) is 17.0 Å².